The van der Waals surface area contributed by atoms with Gasteiger partial charge < -0.3 is 10.1 Å². The smallest absolute Gasteiger partial charge is 0.407 e. The van der Waals surface area contributed by atoms with E-state index in [-0.39, 0.29) is 18.9 Å². The zero-order chi connectivity index (χ0) is 14.1. The molecule has 106 valence electrons. The number of carbonyl (C=O) groups excluding carboxylic acids is 1. The standard InChI is InChI=1S/C12H18N2O4S/c1-2-14-19(16,17)9-8-13-12(15)18-10-11-6-4-3-5-7-11/h3-7,14H,2,8-10H2,1H3,(H,13,15). The van der Waals surface area contributed by atoms with E-state index < -0.39 is 16.1 Å². The molecule has 1 aromatic rings. The van der Waals surface area contributed by atoms with Gasteiger partial charge in [0.05, 0.1) is 5.75 Å². The minimum atomic E-state index is -3.31. The van der Waals surface area contributed by atoms with Gasteiger partial charge >= 0.3 is 6.09 Å². The Hall–Kier alpha value is -1.60. The number of rotatable bonds is 7. The van der Waals surface area contributed by atoms with Crippen LogP contribution in [0.2, 0.25) is 0 Å². The zero-order valence-electron chi connectivity index (χ0n) is 10.8. The van der Waals surface area contributed by atoms with Gasteiger partial charge in [0.15, 0.2) is 0 Å². The first-order valence-electron chi connectivity index (χ1n) is 5.95. The second-order valence-corrected chi connectivity index (χ2v) is 5.73. The lowest BCUT2D eigenvalue weighted by atomic mass is 10.2. The third-order valence-corrected chi connectivity index (χ3v) is 3.69. The van der Waals surface area contributed by atoms with Gasteiger partial charge in [-0.3, -0.25) is 0 Å². The zero-order valence-corrected chi connectivity index (χ0v) is 11.6. The van der Waals surface area contributed by atoms with Crippen LogP contribution in [0.3, 0.4) is 0 Å². The second-order valence-electron chi connectivity index (χ2n) is 3.81. The van der Waals surface area contributed by atoms with E-state index in [0.717, 1.165) is 5.56 Å². The maximum absolute atomic E-state index is 11.3. The summed E-state index contributed by atoms with van der Waals surface area (Å²) in [6, 6.07) is 9.24. The summed E-state index contributed by atoms with van der Waals surface area (Å²) in [6.07, 6.45) is -0.629. The molecule has 0 saturated heterocycles. The van der Waals surface area contributed by atoms with Crippen LogP contribution in [0, 0.1) is 0 Å². The van der Waals surface area contributed by atoms with Crippen LogP contribution in [0.25, 0.3) is 0 Å². The van der Waals surface area contributed by atoms with Gasteiger partial charge in [0, 0.05) is 13.1 Å². The normalized spacial score (nSPS) is 11.0. The molecule has 0 fully saturated rings. The summed E-state index contributed by atoms with van der Waals surface area (Å²) in [4.78, 5) is 11.3. The molecule has 0 aliphatic carbocycles. The SMILES string of the molecule is CCNS(=O)(=O)CCNC(=O)OCc1ccccc1. The highest BCUT2D eigenvalue weighted by atomic mass is 32.2. The van der Waals surface area contributed by atoms with Crippen molar-refractivity contribution in [3.8, 4) is 0 Å². The highest BCUT2D eigenvalue weighted by Crippen LogP contribution is 2.00. The Morgan fingerprint density at radius 1 is 1.26 bits per heavy atom. The van der Waals surface area contributed by atoms with Gasteiger partial charge in [-0.2, -0.15) is 0 Å². The fourth-order valence-corrected chi connectivity index (χ4v) is 2.31. The number of carbonyl (C=O) groups is 1. The molecule has 6 nitrogen and oxygen atoms in total. The van der Waals surface area contributed by atoms with Gasteiger partial charge in [-0.25, -0.2) is 17.9 Å². The molecule has 0 saturated carbocycles. The molecule has 0 radical (unpaired) electrons. The Bertz CT molecular complexity index is 488. The lowest BCUT2D eigenvalue weighted by molar-refractivity contribution is 0.140. The number of nitrogens with one attached hydrogen (secondary N) is 2. The van der Waals surface area contributed by atoms with Crippen molar-refractivity contribution in [2.75, 3.05) is 18.8 Å². The third-order valence-electron chi connectivity index (χ3n) is 2.22. The van der Waals surface area contributed by atoms with E-state index in [1.54, 1.807) is 6.92 Å². The fraction of sp³-hybridized carbons (Fsp3) is 0.417. The van der Waals surface area contributed by atoms with Crippen LogP contribution in [0.4, 0.5) is 4.79 Å². The molecule has 1 rings (SSSR count). The highest BCUT2D eigenvalue weighted by Gasteiger charge is 2.09. The van der Waals surface area contributed by atoms with Crippen LogP contribution in [0.15, 0.2) is 30.3 Å². The highest BCUT2D eigenvalue weighted by molar-refractivity contribution is 7.89. The molecule has 0 aliphatic heterocycles. The van der Waals surface area contributed by atoms with E-state index in [0.29, 0.717) is 6.54 Å². The summed E-state index contributed by atoms with van der Waals surface area (Å²) < 4.78 is 29.8. The lowest BCUT2D eigenvalue weighted by Gasteiger charge is -2.07. The Morgan fingerprint density at radius 2 is 1.95 bits per heavy atom. The largest absolute Gasteiger partial charge is 0.445 e. The maximum Gasteiger partial charge on any atom is 0.407 e. The van der Waals surface area contributed by atoms with Crippen molar-refractivity contribution in [2.24, 2.45) is 0 Å². The quantitative estimate of drug-likeness (QED) is 0.778. The molecule has 0 unspecified atom stereocenters. The number of ether oxygens (including phenoxy) is 1. The van der Waals surface area contributed by atoms with Crippen LogP contribution in [0.5, 0.6) is 0 Å². The molecule has 0 aliphatic rings. The Balaban J connectivity index is 2.22. The summed E-state index contributed by atoms with van der Waals surface area (Å²) >= 11 is 0. The molecule has 1 amide bonds. The first-order valence-corrected chi connectivity index (χ1v) is 7.60. The average molecular weight is 286 g/mol. The maximum atomic E-state index is 11.3. The predicted octanol–water partition coefficient (Wildman–Crippen LogP) is 0.852. The summed E-state index contributed by atoms with van der Waals surface area (Å²) in [5.74, 6) is -0.165. The van der Waals surface area contributed by atoms with Gasteiger partial charge in [-0.1, -0.05) is 37.3 Å². The first kappa shape index (κ1) is 15.5. The topological polar surface area (TPSA) is 84.5 Å². The molecule has 0 atom stereocenters. The number of hydrogen-bond acceptors (Lipinski definition) is 4. The second kappa shape index (κ2) is 7.75. The van der Waals surface area contributed by atoms with Crippen molar-refractivity contribution in [2.45, 2.75) is 13.5 Å². The van der Waals surface area contributed by atoms with E-state index in [2.05, 4.69) is 10.0 Å². The molecule has 0 heterocycles. The minimum absolute atomic E-state index is 0.0168. The molecule has 0 aromatic heterocycles. The van der Waals surface area contributed by atoms with Crippen molar-refractivity contribution in [1.82, 2.24) is 10.0 Å². The van der Waals surface area contributed by atoms with Gasteiger partial charge in [0.25, 0.3) is 0 Å². The first-order chi connectivity index (χ1) is 9.03. The van der Waals surface area contributed by atoms with Crippen LogP contribution in [0.1, 0.15) is 12.5 Å². The lowest BCUT2D eigenvalue weighted by Crippen LogP contribution is -2.34. The molecular weight excluding hydrogens is 268 g/mol. The van der Waals surface area contributed by atoms with E-state index in [9.17, 15) is 13.2 Å². The van der Waals surface area contributed by atoms with Crippen molar-refractivity contribution in [3.63, 3.8) is 0 Å². The number of hydrogen-bond donors (Lipinski definition) is 2. The molecule has 7 heteroatoms. The third kappa shape index (κ3) is 6.78. The van der Waals surface area contributed by atoms with Crippen molar-refractivity contribution < 1.29 is 17.9 Å². The Labute approximate surface area is 113 Å². The van der Waals surface area contributed by atoms with Crippen molar-refractivity contribution >= 4 is 16.1 Å². The fourth-order valence-electron chi connectivity index (χ4n) is 1.35. The van der Waals surface area contributed by atoms with Gasteiger partial charge in [-0.15, -0.1) is 0 Å². The molecule has 0 spiro atoms. The minimum Gasteiger partial charge on any atom is -0.445 e. The summed E-state index contributed by atoms with van der Waals surface area (Å²) in [7, 11) is -3.31. The Kier molecular flexibility index (Phi) is 6.31. The van der Waals surface area contributed by atoms with Crippen molar-refractivity contribution in [3.05, 3.63) is 35.9 Å². The van der Waals surface area contributed by atoms with E-state index in [4.69, 9.17) is 4.74 Å². The molecular formula is C12H18N2O4S. The average Bonchev–Trinajstić information content (AvgIpc) is 2.37. The number of sulfonamides is 1. The van der Waals surface area contributed by atoms with Crippen LogP contribution >= 0.6 is 0 Å². The van der Waals surface area contributed by atoms with Gasteiger partial charge in [0.1, 0.15) is 6.61 Å². The summed E-state index contributed by atoms with van der Waals surface area (Å²) in [5, 5.41) is 2.39. The molecule has 2 N–H and O–H groups in total. The van der Waals surface area contributed by atoms with E-state index in [1.165, 1.54) is 0 Å². The number of benzene rings is 1. The van der Waals surface area contributed by atoms with Crippen LogP contribution in [-0.4, -0.2) is 33.4 Å². The van der Waals surface area contributed by atoms with E-state index in [1.807, 2.05) is 30.3 Å². The predicted molar refractivity (Wildman–Crippen MR) is 72.1 cm³/mol. The monoisotopic (exact) mass is 286 g/mol. The molecule has 1 aromatic carbocycles. The van der Waals surface area contributed by atoms with Crippen molar-refractivity contribution in [1.29, 1.82) is 0 Å². The Morgan fingerprint density at radius 3 is 2.58 bits per heavy atom. The number of alkyl carbamates (subject to hydrolysis) is 1. The van der Waals surface area contributed by atoms with E-state index >= 15 is 0 Å². The molecule has 0 bridgehead atoms. The van der Waals surface area contributed by atoms with Gasteiger partial charge in [0.2, 0.25) is 10.0 Å². The van der Waals surface area contributed by atoms with Gasteiger partial charge in [-0.05, 0) is 5.56 Å². The number of amides is 1. The summed E-state index contributed by atoms with van der Waals surface area (Å²) in [6.45, 7) is 2.20. The molecule has 19 heavy (non-hydrogen) atoms. The summed E-state index contributed by atoms with van der Waals surface area (Å²) in [5.41, 5.74) is 0.873. The van der Waals surface area contributed by atoms with Crippen LogP contribution < -0.4 is 10.0 Å². The van der Waals surface area contributed by atoms with Crippen LogP contribution in [-0.2, 0) is 21.4 Å².